The average molecular weight is 306 g/mol. The Morgan fingerprint density at radius 3 is 2.71 bits per heavy atom. The minimum absolute atomic E-state index is 0.299. The number of aromatic nitrogens is 2. The van der Waals surface area contributed by atoms with Gasteiger partial charge in [-0.15, -0.1) is 10.2 Å². The number of amides is 2. The minimum atomic E-state index is -0.299. The number of carbonyl (C=O) groups excluding carboxylic acids is 1. The van der Waals surface area contributed by atoms with Crippen LogP contribution in [0.1, 0.15) is 19.4 Å². The number of nitrogens with zero attached hydrogens (tertiary/aromatic N) is 2. The molecule has 0 aliphatic heterocycles. The third-order valence-corrected chi connectivity index (χ3v) is 3.15. The summed E-state index contributed by atoms with van der Waals surface area (Å²) in [6, 6.07) is 7.37. The number of ether oxygens (including phenoxy) is 1. The van der Waals surface area contributed by atoms with Crippen LogP contribution < -0.4 is 15.4 Å². The highest BCUT2D eigenvalue weighted by Gasteiger charge is 2.04. The third kappa shape index (κ3) is 5.39. The van der Waals surface area contributed by atoms with Crippen LogP contribution in [0.25, 0.3) is 0 Å². The molecule has 7 heteroatoms. The molecular weight excluding hydrogens is 288 g/mol. The normalized spacial score (nSPS) is 10.4. The van der Waals surface area contributed by atoms with Gasteiger partial charge in [-0.2, -0.15) is 0 Å². The second-order valence-corrected chi connectivity index (χ2v) is 5.73. The molecule has 0 aliphatic rings. The predicted molar refractivity (Wildman–Crippen MR) is 82.5 cm³/mol. The van der Waals surface area contributed by atoms with E-state index in [4.69, 9.17) is 4.74 Å². The summed E-state index contributed by atoms with van der Waals surface area (Å²) in [6.07, 6.45) is 0. The lowest BCUT2D eigenvalue weighted by Gasteiger charge is -2.09. The van der Waals surface area contributed by atoms with Crippen LogP contribution in [-0.4, -0.2) is 22.8 Å². The van der Waals surface area contributed by atoms with Crippen molar-refractivity contribution >= 4 is 22.5 Å². The topological polar surface area (TPSA) is 76.1 Å². The van der Waals surface area contributed by atoms with Crippen LogP contribution in [-0.2, 0) is 6.54 Å². The van der Waals surface area contributed by atoms with E-state index in [0.29, 0.717) is 24.2 Å². The van der Waals surface area contributed by atoms with E-state index in [2.05, 4.69) is 34.7 Å². The number of carbonyl (C=O) groups is 1. The Hall–Kier alpha value is -2.15. The first-order chi connectivity index (χ1) is 10.1. The smallest absolute Gasteiger partial charge is 0.321 e. The van der Waals surface area contributed by atoms with Crippen LogP contribution in [0.4, 0.5) is 9.93 Å². The van der Waals surface area contributed by atoms with Crippen molar-refractivity contribution in [2.45, 2.75) is 20.4 Å². The lowest BCUT2D eigenvalue weighted by Crippen LogP contribution is -2.28. The summed E-state index contributed by atoms with van der Waals surface area (Å²) >= 11 is 1.27. The maximum atomic E-state index is 11.6. The third-order valence-electron chi connectivity index (χ3n) is 2.54. The molecule has 0 saturated heterocycles. The molecule has 0 saturated carbocycles. The Kier molecular flexibility index (Phi) is 5.51. The molecule has 0 fully saturated rings. The Bertz CT molecular complexity index is 555. The molecule has 6 nitrogen and oxygen atoms in total. The molecular formula is C14H18N4O2S. The number of hydrogen-bond acceptors (Lipinski definition) is 5. The van der Waals surface area contributed by atoms with Crippen molar-refractivity contribution in [1.82, 2.24) is 15.5 Å². The van der Waals surface area contributed by atoms with Gasteiger partial charge in [0.15, 0.2) is 0 Å². The molecule has 0 atom stereocenters. The van der Waals surface area contributed by atoms with Crippen LogP contribution in [0.15, 0.2) is 29.8 Å². The van der Waals surface area contributed by atoms with E-state index >= 15 is 0 Å². The Morgan fingerprint density at radius 2 is 2.10 bits per heavy atom. The van der Waals surface area contributed by atoms with Gasteiger partial charge in [-0.3, -0.25) is 5.32 Å². The molecule has 2 rings (SSSR count). The van der Waals surface area contributed by atoms with E-state index in [0.717, 1.165) is 11.3 Å². The van der Waals surface area contributed by atoms with Gasteiger partial charge < -0.3 is 10.1 Å². The SMILES string of the molecule is CC(C)COc1ccc(CNC(=O)Nc2nncs2)cc1. The molecule has 21 heavy (non-hydrogen) atoms. The highest BCUT2D eigenvalue weighted by Crippen LogP contribution is 2.13. The number of hydrogen-bond donors (Lipinski definition) is 2. The van der Waals surface area contributed by atoms with E-state index in [-0.39, 0.29) is 6.03 Å². The van der Waals surface area contributed by atoms with Gasteiger partial charge in [0.05, 0.1) is 6.61 Å². The number of anilines is 1. The van der Waals surface area contributed by atoms with Crippen molar-refractivity contribution in [3.8, 4) is 5.75 Å². The summed E-state index contributed by atoms with van der Waals surface area (Å²) in [6.45, 7) is 5.35. The molecule has 0 unspecified atom stereocenters. The van der Waals surface area contributed by atoms with Gasteiger partial charge >= 0.3 is 6.03 Å². The van der Waals surface area contributed by atoms with Crippen molar-refractivity contribution in [2.24, 2.45) is 5.92 Å². The largest absolute Gasteiger partial charge is 0.493 e. The molecule has 1 heterocycles. The van der Waals surface area contributed by atoms with E-state index in [1.54, 1.807) is 5.51 Å². The summed E-state index contributed by atoms with van der Waals surface area (Å²) in [5, 5.41) is 13.2. The summed E-state index contributed by atoms with van der Waals surface area (Å²) in [4.78, 5) is 11.6. The molecule has 1 aromatic heterocycles. The second-order valence-electron chi connectivity index (χ2n) is 4.90. The number of urea groups is 1. The summed E-state index contributed by atoms with van der Waals surface area (Å²) < 4.78 is 5.60. The monoisotopic (exact) mass is 306 g/mol. The molecule has 0 bridgehead atoms. The van der Waals surface area contributed by atoms with Gasteiger partial charge in [0.2, 0.25) is 5.13 Å². The predicted octanol–water partition coefficient (Wildman–Crippen LogP) is 2.89. The van der Waals surface area contributed by atoms with Crippen molar-refractivity contribution in [3.05, 3.63) is 35.3 Å². The summed E-state index contributed by atoms with van der Waals surface area (Å²) in [5.74, 6) is 1.33. The van der Waals surface area contributed by atoms with E-state index in [1.807, 2.05) is 24.3 Å². The maximum Gasteiger partial charge on any atom is 0.321 e. The van der Waals surface area contributed by atoms with Crippen molar-refractivity contribution in [3.63, 3.8) is 0 Å². The number of rotatable bonds is 6. The molecule has 2 amide bonds. The van der Waals surface area contributed by atoms with E-state index in [9.17, 15) is 4.79 Å². The average Bonchev–Trinajstić information content (AvgIpc) is 2.97. The standard InChI is InChI=1S/C14H18N4O2S/c1-10(2)8-20-12-5-3-11(4-6-12)7-15-13(19)17-14-18-16-9-21-14/h3-6,9-10H,7-8H2,1-2H3,(H2,15,17,18,19). The van der Waals surface area contributed by atoms with Crippen molar-refractivity contribution in [1.29, 1.82) is 0 Å². The zero-order chi connectivity index (χ0) is 15.1. The van der Waals surface area contributed by atoms with Gasteiger partial charge in [-0.05, 0) is 23.6 Å². The summed E-state index contributed by atoms with van der Waals surface area (Å²) in [5.41, 5.74) is 2.56. The molecule has 0 aliphatic carbocycles. The molecule has 112 valence electrons. The second kappa shape index (κ2) is 7.58. The van der Waals surface area contributed by atoms with Crippen molar-refractivity contribution in [2.75, 3.05) is 11.9 Å². The Labute approximate surface area is 127 Å². The first kappa shape index (κ1) is 15.2. The molecule has 0 radical (unpaired) electrons. The van der Waals surface area contributed by atoms with Crippen LogP contribution in [0.3, 0.4) is 0 Å². The number of benzene rings is 1. The highest BCUT2D eigenvalue weighted by molar-refractivity contribution is 7.13. The van der Waals surface area contributed by atoms with Gasteiger partial charge in [0.1, 0.15) is 11.3 Å². The van der Waals surface area contributed by atoms with Crippen LogP contribution in [0.2, 0.25) is 0 Å². The van der Waals surface area contributed by atoms with Gasteiger partial charge in [0.25, 0.3) is 0 Å². The molecule has 1 aromatic carbocycles. The Morgan fingerprint density at radius 1 is 1.33 bits per heavy atom. The lowest BCUT2D eigenvalue weighted by molar-refractivity contribution is 0.251. The fraction of sp³-hybridized carbons (Fsp3) is 0.357. The van der Waals surface area contributed by atoms with Crippen LogP contribution in [0.5, 0.6) is 5.75 Å². The highest BCUT2D eigenvalue weighted by atomic mass is 32.1. The molecule has 2 aromatic rings. The Balaban J connectivity index is 1.76. The fourth-order valence-corrected chi connectivity index (χ4v) is 1.96. The zero-order valence-corrected chi connectivity index (χ0v) is 12.8. The maximum absolute atomic E-state index is 11.6. The van der Waals surface area contributed by atoms with E-state index in [1.165, 1.54) is 11.3 Å². The quantitative estimate of drug-likeness (QED) is 0.860. The zero-order valence-electron chi connectivity index (χ0n) is 12.0. The first-order valence-corrected chi connectivity index (χ1v) is 7.54. The molecule has 0 spiro atoms. The fourth-order valence-electron chi connectivity index (χ4n) is 1.52. The first-order valence-electron chi connectivity index (χ1n) is 6.66. The minimum Gasteiger partial charge on any atom is -0.493 e. The van der Waals surface area contributed by atoms with Crippen LogP contribution in [0, 0.1) is 5.92 Å². The number of nitrogens with one attached hydrogen (secondary N) is 2. The van der Waals surface area contributed by atoms with E-state index < -0.39 is 0 Å². The summed E-state index contributed by atoms with van der Waals surface area (Å²) in [7, 11) is 0. The van der Waals surface area contributed by atoms with Gasteiger partial charge in [-0.1, -0.05) is 37.3 Å². The lowest BCUT2D eigenvalue weighted by atomic mass is 10.2. The van der Waals surface area contributed by atoms with Gasteiger partial charge in [0, 0.05) is 6.54 Å². The molecule has 2 N–H and O–H groups in total. The van der Waals surface area contributed by atoms with Crippen molar-refractivity contribution < 1.29 is 9.53 Å². The van der Waals surface area contributed by atoms with Gasteiger partial charge in [-0.25, -0.2) is 4.79 Å². The van der Waals surface area contributed by atoms with Crippen LogP contribution >= 0.6 is 11.3 Å².